The SMILES string of the molecule is COc1cccc(Cl)c1CNc1cccc(C(=O)NCCO)c1C. The van der Waals surface area contributed by atoms with Gasteiger partial charge in [-0.25, -0.2) is 0 Å². The Balaban J connectivity index is 2.18. The highest BCUT2D eigenvalue weighted by Crippen LogP contribution is 2.28. The third kappa shape index (κ3) is 4.19. The lowest BCUT2D eigenvalue weighted by Gasteiger charge is -2.15. The molecular weight excluding hydrogens is 328 g/mol. The van der Waals surface area contributed by atoms with Crippen LogP contribution in [0.15, 0.2) is 36.4 Å². The topological polar surface area (TPSA) is 70.6 Å². The van der Waals surface area contributed by atoms with Gasteiger partial charge in [-0.3, -0.25) is 4.79 Å². The fourth-order valence-electron chi connectivity index (χ4n) is 2.42. The number of aliphatic hydroxyl groups is 1. The van der Waals surface area contributed by atoms with E-state index in [1.165, 1.54) is 0 Å². The Morgan fingerprint density at radius 3 is 2.71 bits per heavy atom. The first-order chi connectivity index (χ1) is 11.6. The minimum atomic E-state index is -0.208. The Bertz CT molecular complexity index is 719. The van der Waals surface area contributed by atoms with E-state index < -0.39 is 0 Å². The standard InChI is InChI=1S/C18H21ClN2O3/c1-12-13(18(23)20-9-10-22)5-3-7-16(12)21-11-14-15(19)6-4-8-17(14)24-2/h3-8,21-22H,9-11H2,1-2H3,(H,20,23). The van der Waals surface area contributed by atoms with Crippen molar-refractivity contribution in [3.63, 3.8) is 0 Å². The number of benzene rings is 2. The Kier molecular flexibility index (Phi) is 6.46. The van der Waals surface area contributed by atoms with E-state index >= 15 is 0 Å². The summed E-state index contributed by atoms with van der Waals surface area (Å²) in [4.78, 5) is 12.1. The number of hydrogen-bond acceptors (Lipinski definition) is 4. The number of ether oxygens (including phenoxy) is 1. The lowest BCUT2D eigenvalue weighted by Crippen LogP contribution is -2.27. The second-order valence-electron chi connectivity index (χ2n) is 5.23. The largest absolute Gasteiger partial charge is 0.496 e. The molecule has 0 atom stereocenters. The number of rotatable bonds is 7. The zero-order chi connectivity index (χ0) is 17.5. The summed E-state index contributed by atoms with van der Waals surface area (Å²) in [6.07, 6.45) is 0. The van der Waals surface area contributed by atoms with Crippen LogP contribution >= 0.6 is 11.6 Å². The average Bonchev–Trinajstić information content (AvgIpc) is 2.59. The molecule has 0 bridgehead atoms. The second-order valence-corrected chi connectivity index (χ2v) is 5.64. The van der Waals surface area contributed by atoms with E-state index in [0.29, 0.717) is 22.9 Å². The molecule has 24 heavy (non-hydrogen) atoms. The van der Waals surface area contributed by atoms with E-state index in [1.807, 2.05) is 37.3 Å². The number of halogens is 1. The number of amides is 1. The summed E-state index contributed by atoms with van der Waals surface area (Å²) in [5, 5.41) is 15.4. The minimum absolute atomic E-state index is 0.0883. The van der Waals surface area contributed by atoms with Crippen LogP contribution in [0, 0.1) is 6.92 Å². The van der Waals surface area contributed by atoms with Crippen molar-refractivity contribution >= 4 is 23.2 Å². The van der Waals surface area contributed by atoms with Gasteiger partial charge in [0.15, 0.2) is 0 Å². The average molecular weight is 349 g/mol. The molecule has 2 rings (SSSR count). The smallest absolute Gasteiger partial charge is 0.251 e. The number of hydrogen-bond donors (Lipinski definition) is 3. The first kappa shape index (κ1) is 18.1. The lowest BCUT2D eigenvalue weighted by molar-refractivity contribution is 0.0944. The summed E-state index contributed by atoms with van der Waals surface area (Å²) >= 11 is 6.25. The summed E-state index contributed by atoms with van der Waals surface area (Å²) in [5.74, 6) is 0.505. The predicted octanol–water partition coefficient (Wildman–Crippen LogP) is 2.99. The number of nitrogens with one attached hydrogen (secondary N) is 2. The Labute approximate surface area is 146 Å². The van der Waals surface area contributed by atoms with Crippen molar-refractivity contribution in [1.82, 2.24) is 5.32 Å². The van der Waals surface area contributed by atoms with Crippen LogP contribution < -0.4 is 15.4 Å². The predicted molar refractivity (Wildman–Crippen MR) is 95.9 cm³/mol. The first-order valence-corrected chi connectivity index (χ1v) is 8.00. The fourth-order valence-corrected chi connectivity index (χ4v) is 2.66. The number of anilines is 1. The maximum Gasteiger partial charge on any atom is 0.251 e. The molecule has 0 fully saturated rings. The van der Waals surface area contributed by atoms with Gasteiger partial charge in [-0.2, -0.15) is 0 Å². The van der Waals surface area contributed by atoms with E-state index in [4.69, 9.17) is 21.4 Å². The van der Waals surface area contributed by atoms with E-state index in [0.717, 1.165) is 16.8 Å². The molecule has 0 aliphatic rings. The van der Waals surface area contributed by atoms with E-state index in [2.05, 4.69) is 10.6 Å². The molecule has 0 aromatic heterocycles. The van der Waals surface area contributed by atoms with Gasteiger partial charge in [-0.05, 0) is 36.8 Å². The van der Waals surface area contributed by atoms with Gasteiger partial charge < -0.3 is 20.5 Å². The molecular formula is C18H21ClN2O3. The molecule has 6 heteroatoms. The van der Waals surface area contributed by atoms with Crippen molar-refractivity contribution in [2.45, 2.75) is 13.5 Å². The molecule has 2 aromatic carbocycles. The zero-order valence-electron chi connectivity index (χ0n) is 13.7. The van der Waals surface area contributed by atoms with Crippen molar-refractivity contribution in [3.05, 3.63) is 58.1 Å². The summed E-state index contributed by atoms with van der Waals surface area (Å²) in [6, 6.07) is 11.0. The summed E-state index contributed by atoms with van der Waals surface area (Å²) < 4.78 is 5.34. The number of carbonyl (C=O) groups excluding carboxylic acids is 1. The maximum absolute atomic E-state index is 12.1. The van der Waals surface area contributed by atoms with Gasteiger partial charge in [0.1, 0.15) is 5.75 Å². The normalized spacial score (nSPS) is 10.3. The van der Waals surface area contributed by atoms with Crippen LogP contribution in [0.5, 0.6) is 5.75 Å². The van der Waals surface area contributed by atoms with Crippen LogP contribution in [0.2, 0.25) is 5.02 Å². The minimum Gasteiger partial charge on any atom is -0.496 e. The molecule has 0 heterocycles. The number of methoxy groups -OCH3 is 1. The van der Waals surface area contributed by atoms with Crippen LogP contribution in [0.4, 0.5) is 5.69 Å². The van der Waals surface area contributed by atoms with Crippen LogP contribution in [0.1, 0.15) is 21.5 Å². The molecule has 0 aliphatic heterocycles. The van der Waals surface area contributed by atoms with E-state index in [1.54, 1.807) is 13.2 Å². The third-order valence-electron chi connectivity index (χ3n) is 3.73. The summed E-state index contributed by atoms with van der Waals surface area (Å²) in [6.45, 7) is 2.49. The van der Waals surface area contributed by atoms with Crippen LogP contribution in [-0.4, -0.2) is 31.3 Å². The molecule has 0 spiro atoms. The van der Waals surface area contributed by atoms with Crippen LogP contribution in [0.3, 0.4) is 0 Å². The molecule has 0 unspecified atom stereocenters. The van der Waals surface area contributed by atoms with Crippen molar-refractivity contribution < 1.29 is 14.6 Å². The highest BCUT2D eigenvalue weighted by Gasteiger charge is 2.12. The Morgan fingerprint density at radius 1 is 1.25 bits per heavy atom. The maximum atomic E-state index is 12.1. The lowest BCUT2D eigenvalue weighted by atomic mass is 10.1. The summed E-state index contributed by atoms with van der Waals surface area (Å²) in [5.41, 5.74) is 3.10. The molecule has 1 amide bonds. The monoisotopic (exact) mass is 348 g/mol. The molecule has 3 N–H and O–H groups in total. The molecule has 0 saturated heterocycles. The van der Waals surface area contributed by atoms with E-state index in [9.17, 15) is 4.79 Å². The third-order valence-corrected chi connectivity index (χ3v) is 4.08. The van der Waals surface area contributed by atoms with Gasteiger partial charge in [-0.1, -0.05) is 23.7 Å². The highest BCUT2D eigenvalue weighted by molar-refractivity contribution is 6.31. The summed E-state index contributed by atoms with van der Waals surface area (Å²) in [7, 11) is 1.60. The first-order valence-electron chi connectivity index (χ1n) is 7.62. The van der Waals surface area contributed by atoms with Crippen molar-refractivity contribution in [2.75, 3.05) is 25.6 Å². The fraction of sp³-hybridized carbons (Fsp3) is 0.278. The van der Waals surface area contributed by atoms with Crippen molar-refractivity contribution in [2.24, 2.45) is 0 Å². The molecule has 2 aromatic rings. The molecule has 5 nitrogen and oxygen atoms in total. The van der Waals surface area contributed by atoms with Crippen molar-refractivity contribution in [3.8, 4) is 5.75 Å². The van der Waals surface area contributed by atoms with Crippen LogP contribution in [0.25, 0.3) is 0 Å². The highest BCUT2D eigenvalue weighted by atomic mass is 35.5. The molecule has 128 valence electrons. The molecule has 0 radical (unpaired) electrons. The van der Waals surface area contributed by atoms with Gasteiger partial charge in [0, 0.05) is 34.9 Å². The molecule has 0 saturated carbocycles. The number of carbonyl (C=O) groups is 1. The zero-order valence-corrected chi connectivity index (χ0v) is 14.5. The van der Waals surface area contributed by atoms with Gasteiger partial charge in [0.25, 0.3) is 5.91 Å². The number of aliphatic hydroxyl groups excluding tert-OH is 1. The van der Waals surface area contributed by atoms with Gasteiger partial charge in [0.2, 0.25) is 0 Å². The second kappa shape index (κ2) is 8.57. The Hall–Kier alpha value is -2.24. The molecule has 0 aliphatic carbocycles. The quantitative estimate of drug-likeness (QED) is 0.719. The van der Waals surface area contributed by atoms with Gasteiger partial charge in [-0.15, -0.1) is 0 Å². The van der Waals surface area contributed by atoms with E-state index in [-0.39, 0.29) is 19.1 Å². The van der Waals surface area contributed by atoms with Gasteiger partial charge in [0.05, 0.1) is 13.7 Å². The van der Waals surface area contributed by atoms with Crippen molar-refractivity contribution in [1.29, 1.82) is 0 Å². The van der Waals surface area contributed by atoms with Gasteiger partial charge >= 0.3 is 0 Å². The van der Waals surface area contributed by atoms with Crippen LogP contribution in [-0.2, 0) is 6.54 Å². The Morgan fingerprint density at radius 2 is 2.00 bits per heavy atom.